The highest BCUT2D eigenvalue weighted by atomic mass is 32.2. The Labute approximate surface area is 197 Å². The van der Waals surface area contributed by atoms with Gasteiger partial charge in [0, 0.05) is 6.20 Å². The predicted octanol–water partition coefficient (Wildman–Crippen LogP) is 4.75. The Morgan fingerprint density at radius 1 is 1.03 bits per heavy atom. The van der Waals surface area contributed by atoms with Crippen molar-refractivity contribution in [3.63, 3.8) is 0 Å². The zero-order valence-corrected chi connectivity index (χ0v) is 19.6. The lowest BCUT2D eigenvalue weighted by atomic mass is 10.1. The number of allylic oxidation sites excluding steroid dienone is 1. The molecular formula is C26H21N3O4S. The molecular weight excluding hydrogens is 450 g/mol. The second-order valence-electron chi connectivity index (χ2n) is 7.88. The van der Waals surface area contributed by atoms with Crippen molar-refractivity contribution in [1.82, 2.24) is 9.38 Å². The lowest BCUT2D eigenvalue weighted by Gasteiger charge is -2.12. The van der Waals surface area contributed by atoms with Crippen LogP contribution in [-0.4, -0.2) is 17.8 Å². The van der Waals surface area contributed by atoms with Gasteiger partial charge in [-0.15, -0.1) is 0 Å². The van der Waals surface area contributed by atoms with Gasteiger partial charge in [-0.05, 0) is 73.9 Å². The van der Waals surface area contributed by atoms with Crippen molar-refractivity contribution in [2.24, 2.45) is 0 Å². The lowest BCUT2D eigenvalue weighted by molar-refractivity contribution is 0.460. The predicted molar refractivity (Wildman–Crippen MR) is 129 cm³/mol. The average molecular weight is 472 g/mol. The molecule has 8 heteroatoms. The molecule has 170 valence electrons. The molecule has 2 aromatic carbocycles. The standard InChI is InChI=1S/C26H21N3O4S/c1-17-12-18(2)14-20(13-17)33-25-23(26(30)29-11-7-8-19(3)24(29)28-25)15-22(16-27)34(31,32)21-9-5-4-6-10-21/h4-15H,1-3H3/b22-15+. The van der Waals surface area contributed by atoms with Crippen LogP contribution in [0.15, 0.2) is 81.5 Å². The largest absolute Gasteiger partial charge is 0.438 e. The van der Waals surface area contributed by atoms with E-state index >= 15 is 0 Å². The van der Waals surface area contributed by atoms with Crippen LogP contribution >= 0.6 is 0 Å². The molecule has 0 aliphatic rings. The summed E-state index contributed by atoms with van der Waals surface area (Å²) in [4.78, 5) is 17.3. The van der Waals surface area contributed by atoms with Crippen LogP contribution in [0, 0.1) is 32.1 Å². The van der Waals surface area contributed by atoms with Gasteiger partial charge in [0.1, 0.15) is 27.9 Å². The van der Waals surface area contributed by atoms with Crippen molar-refractivity contribution >= 4 is 21.6 Å². The van der Waals surface area contributed by atoms with Crippen LogP contribution in [0.2, 0.25) is 0 Å². The summed E-state index contributed by atoms with van der Waals surface area (Å²) in [6, 6.07) is 18.3. The van der Waals surface area contributed by atoms with Gasteiger partial charge in [0.05, 0.1) is 4.90 Å². The molecule has 0 saturated carbocycles. The number of hydrogen-bond acceptors (Lipinski definition) is 6. The van der Waals surface area contributed by atoms with Gasteiger partial charge in [0.15, 0.2) is 0 Å². The van der Waals surface area contributed by atoms with Crippen LogP contribution in [0.4, 0.5) is 0 Å². The Morgan fingerprint density at radius 2 is 1.71 bits per heavy atom. The molecule has 34 heavy (non-hydrogen) atoms. The number of aromatic nitrogens is 2. The number of sulfone groups is 1. The van der Waals surface area contributed by atoms with E-state index in [0.29, 0.717) is 11.4 Å². The van der Waals surface area contributed by atoms with Crippen molar-refractivity contribution < 1.29 is 13.2 Å². The quantitative estimate of drug-likeness (QED) is 0.389. The minimum Gasteiger partial charge on any atom is -0.438 e. The maximum absolute atomic E-state index is 13.4. The molecule has 2 aromatic heterocycles. The van der Waals surface area contributed by atoms with E-state index in [-0.39, 0.29) is 16.3 Å². The Hall–Kier alpha value is -4.22. The van der Waals surface area contributed by atoms with Crippen LogP contribution in [0.5, 0.6) is 11.6 Å². The Kier molecular flexibility index (Phi) is 6.05. The van der Waals surface area contributed by atoms with E-state index in [1.807, 2.05) is 19.9 Å². The van der Waals surface area contributed by atoms with E-state index in [9.17, 15) is 18.5 Å². The molecule has 0 fully saturated rings. The van der Waals surface area contributed by atoms with E-state index in [1.54, 1.807) is 55.5 Å². The first-order valence-corrected chi connectivity index (χ1v) is 11.9. The molecule has 0 amide bonds. The van der Waals surface area contributed by atoms with Crippen LogP contribution < -0.4 is 10.3 Å². The molecule has 0 aliphatic heterocycles. The molecule has 0 bridgehead atoms. The maximum atomic E-state index is 13.4. The van der Waals surface area contributed by atoms with Crippen molar-refractivity contribution in [2.75, 3.05) is 0 Å². The number of nitrogens with zero attached hydrogens (tertiary/aromatic N) is 3. The van der Waals surface area contributed by atoms with Gasteiger partial charge < -0.3 is 4.74 Å². The number of benzene rings is 2. The molecule has 0 aliphatic carbocycles. The van der Waals surface area contributed by atoms with Gasteiger partial charge in [-0.25, -0.2) is 8.42 Å². The monoisotopic (exact) mass is 471 g/mol. The number of fused-ring (bicyclic) bond motifs is 1. The molecule has 0 radical (unpaired) electrons. The Bertz CT molecular complexity index is 1630. The third kappa shape index (κ3) is 4.34. The second kappa shape index (κ2) is 8.96. The third-order valence-electron chi connectivity index (χ3n) is 5.19. The number of rotatable bonds is 5. The van der Waals surface area contributed by atoms with E-state index in [0.717, 1.165) is 22.8 Å². The molecule has 0 unspecified atom stereocenters. The lowest BCUT2D eigenvalue weighted by Crippen LogP contribution is -2.20. The van der Waals surface area contributed by atoms with E-state index in [2.05, 4.69) is 4.98 Å². The summed E-state index contributed by atoms with van der Waals surface area (Å²) in [6.45, 7) is 5.62. The van der Waals surface area contributed by atoms with Crippen molar-refractivity contribution in [2.45, 2.75) is 25.7 Å². The second-order valence-corrected chi connectivity index (χ2v) is 9.80. The molecule has 7 nitrogen and oxygen atoms in total. The van der Waals surface area contributed by atoms with Gasteiger partial charge in [-0.1, -0.05) is 30.3 Å². The number of aryl methyl sites for hydroxylation is 3. The van der Waals surface area contributed by atoms with Gasteiger partial charge >= 0.3 is 0 Å². The Morgan fingerprint density at radius 3 is 2.35 bits per heavy atom. The molecule has 0 spiro atoms. The van der Waals surface area contributed by atoms with Gasteiger partial charge in [-0.3, -0.25) is 9.20 Å². The smallest absolute Gasteiger partial charge is 0.269 e. The first-order chi connectivity index (χ1) is 16.2. The van der Waals surface area contributed by atoms with E-state index in [1.165, 1.54) is 22.7 Å². The molecule has 4 aromatic rings. The number of nitriles is 1. The first-order valence-electron chi connectivity index (χ1n) is 10.4. The van der Waals surface area contributed by atoms with Crippen molar-refractivity contribution in [3.8, 4) is 17.7 Å². The third-order valence-corrected chi connectivity index (χ3v) is 6.87. The Balaban J connectivity index is 1.98. The zero-order chi connectivity index (χ0) is 24.5. The minimum absolute atomic E-state index is 0.0516. The first kappa shape index (κ1) is 23.0. The van der Waals surface area contributed by atoms with Crippen LogP contribution in [0.3, 0.4) is 0 Å². The number of hydrogen-bond donors (Lipinski definition) is 0. The molecule has 4 rings (SSSR count). The van der Waals surface area contributed by atoms with E-state index < -0.39 is 20.3 Å². The molecule has 2 heterocycles. The SMILES string of the molecule is Cc1cc(C)cc(Oc2nc3c(C)cccn3c(=O)c2/C=C(\C#N)S(=O)(=O)c2ccccc2)c1. The van der Waals surface area contributed by atoms with Crippen LogP contribution in [0.25, 0.3) is 11.7 Å². The average Bonchev–Trinajstić information content (AvgIpc) is 2.79. The summed E-state index contributed by atoms with van der Waals surface area (Å²) in [5.74, 6) is 0.363. The van der Waals surface area contributed by atoms with Crippen LogP contribution in [-0.2, 0) is 9.84 Å². The molecule has 0 saturated heterocycles. The molecule has 0 N–H and O–H groups in total. The highest BCUT2D eigenvalue weighted by Gasteiger charge is 2.23. The summed E-state index contributed by atoms with van der Waals surface area (Å²) < 4.78 is 33.5. The van der Waals surface area contributed by atoms with Gasteiger partial charge in [0.25, 0.3) is 5.56 Å². The van der Waals surface area contributed by atoms with Gasteiger partial charge in [-0.2, -0.15) is 10.2 Å². The molecule has 0 atom stereocenters. The number of pyridine rings is 1. The number of ether oxygens (including phenoxy) is 1. The topological polar surface area (TPSA) is 102 Å². The van der Waals surface area contributed by atoms with Crippen LogP contribution in [0.1, 0.15) is 22.3 Å². The fourth-order valence-electron chi connectivity index (χ4n) is 3.62. The highest BCUT2D eigenvalue weighted by molar-refractivity contribution is 7.95. The van der Waals surface area contributed by atoms with Crippen molar-refractivity contribution in [1.29, 1.82) is 5.26 Å². The zero-order valence-electron chi connectivity index (χ0n) is 18.8. The fourth-order valence-corrected chi connectivity index (χ4v) is 4.79. The highest BCUT2D eigenvalue weighted by Crippen LogP contribution is 2.28. The van der Waals surface area contributed by atoms with Gasteiger partial charge in [0.2, 0.25) is 15.7 Å². The van der Waals surface area contributed by atoms with E-state index in [4.69, 9.17) is 4.74 Å². The summed E-state index contributed by atoms with van der Waals surface area (Å²) in [5.41, 5.74) is 2.31. The fraction of sp³-hybridized carbons (Fsp3) is 0.115. The minimum atomic E-state index is -4.16. The summed E-state index contributed by atoms with van der Waals surface area (Å²) in [7, 11) is -4.16. The normalized spacial score (nSPS) is 11.9. The maximum Gasteiger partial charge on any atom is 0.269 e. The summed E-state index contributed by atoms with van der Waals surface area (Å²) in [5, 5.41) is 9.72. The summed E-state index contributed by atoms with van der Waals surface area (Å²) >= 11 is 0. The van der Waals surface area contributed by atoms with Crippen molar-refractivity contribution in [3.05, 3.63) is 104 Å². The summed E-state index contributed by atoms with van der Waals surface area (Å²) in [6.07, 6.45) is 2.57.